The Morgan fingerprint density at radius 1 is 1.06 bits per heavy atom. The van der Waals surface area contributed by atoms with Crippen molar-refractivity contribution in [3.63, 3.8) is 0 Å². The lowest BCUT2D eigenvalue weighted by Crippen LogP contribution is -2.51. The van der Waals surface area contributed by atoms with E-state index >= 15 is 0 Å². The summed E-state index contributed by atoms with van der Waals surface area (Å²) in [6.45, 7) is 14.9. The van der Waals surface area contributed by atoms with E-state index in [-0.39, 0.29) is 24.0 Å². The smallest absolute Gasteiger partial charge is 0.191 e. The molecule has 0 amide bonds. The van der Waals surface area contributed by atoms with E-state index in [9.17, 15) is 0 Å². The molecular weight excluding hydrogens is 501 g/mol. The molecule has 2 N–H and O–H groups in total. The van der Waals surface area contributed by atoms with Crippen molar-refractivity contribution in [3.05, 3.63) is 42.0 Å². The third-order valence-electron chi connectivity index (χ3n) is 5.69. The normalized spacial score (nSPS) is 18.2. The van der Waals surface area contributed by atoms with E-state index < -0.39 is 0 Å². The van der Waals surface area contributed by atoms with Crippen molar-refractivity contribution in [1.82, 2.24) is 15.5 Å². The average Bonchev–Trinajstić information content (AvgIpc) is 3.30. The molecule has 1 saturated heterocycles. The number of nitrogens with one attached hydrogen (secondary N) is 2. The minimum atomic E-state index is 0. The molecule has 1 aromatic rings. The molecule has 2 aliphatic heterocycles. The summed E-state index contributed by atoms with van der Waals surface area (Å²) >= 11 is 0. The number of hydrogen-bond acceptors (Lipinski definition) is 4. The van der Waals surface area contributed by atoms with E-state index in [2.05, 4.69) is 77.6 Å². The fourth-order valence-corrected chi connectivity index (χ4v) is 4.08. The van der Waals surface area contributed by atoms with Gasteiger partial charge in [0.2, 0.25) is 0 Å². The van der Waals surface area contributed by atoms with Crippen LogP contribution in [0.2, 0.25) is 0 Å². The number of morpholine rings is 1. The van der Waals surface area contributed by atoms with Gasteiger partial charge >= 0.3 is 0 Å². The van der Waals surface area contributed by atoms with Crippen molar-refractivity contribution in [1.29, 1.82) is 0 Å². The Morgan fingerprint density at radius 3 is 2.35 bits per heavy atom. The molecule has 0 bridgehead atoms. The predicted molar refractivity (Wildman–Crippen MR) is 142 cm³/mol. The predicted octanol–water partition coefficient (Wildman–Crippen LogP) is 3.48. The molecule has 1 unspecified atom stereocenters. The lowest BCUT2D eigenvalue weighted by molar-refractivity contribution is 0.0132. The number of hydrogen-bond donors (Lipinski definition) is 2. The molecule has 0 aliphatic carbocycles. The SMILES string of the molecule is CCNC(=NCc1ccc(N2CC=CC2)cc1)NCC(CC(C)C)N1CCOCC1.I. The number of aliphatic imine (C=N–C) groups is 1. The quantitative estimate of drug-likeness (QED) is 0.217. The number of rotatable bonds is 9. The monoisotopic (exact) mass is 541 g/mol. The van der Waals surface area contributed by atoms with Crippen molar-refractivity contribution < 1.29 is 4.74 Å². The summed E-state index contributed by atoms with van der Waals surface area (Å²) in [5.74, 6) is 1.57. The topological polar surface area (TPSA) is 52.1 Å². The van der Waals surface area contributed by atoms with Crippen molar-refractivity contribution in [2.24, 2.45) is 10.9 Å². The molecule has 1 fully saturated rings. The Hall–Kier alpha value is -1.32. The minimum absolute atomic E-state index is 0. The van der Waals surface area contributed by atoms with Gasteiger partial charge in [0, 0.05) is 51.0 Å². The lowest BCUT2D eigenvalue weighted by atomic mass is 10.0. The van der Waals surface area contributed by atoms with E-state index in [1.165, 1.54) is 17.7 Å². The van der Waals surface area contributed by atoms with Gasteiger partial charge in [0.1, 0.15) is 0 Å². The zero-order valence-corrected chi connectivity index (χ0v) is 21.7. The molecule has 2 heterocycles. The second kappa shape index (κ2) is 14.0. The minimum Gasteiger partial charge on any atom is -0.379 e. The molecule has 0 saturated carbocycles. The first kappa shape index (κ1) is 25.9. The highest BCUT2D eigenvalue weighted by Gasteiger charge is 2.22. The van der Waals surface area contributed by atoms with Gasteiger partial charge in [-0.1, -0.05) is 38.1 Å². The van der Waals surface area contributed by atoms with Crippen LogP contribution in [-0.4, -0.2) is 69.4 Å². The van der Waals surface area contributed by atoms with Gasteiger partial charge in [-0.2, -0.15) is 0 Å². The van der Waals surface area contributed by atoms with Crippen LogP contribution in [0.1, 0.15) is 32.8 Å². The first-order chi connectivity index (χ1) is 14.7. The maximum Gasteiger partial charge on any atom is 0.191 e. The molecule has 174 valence electrons. The molecule has 0 spiro atoms. The highest BCUT2D eigenvalue weighted by atomic mass is 127. The van der Waals surface area contributed by atoms with Gasteiger partial charge in [-0.15, -0.1) is 24.0 Å². The zero-order chi connectivity index (χ0) is 21.2. The first-order valence-corrected chi connectivity index (χ1v) is 11.5. The van der Waals surface area contributed by atoms with Crippen molar-refractivity contribution in [2.45, 2.75) is 39.8 Å². The number of anilines is 1. The number of ether oxygens (including phenoxy) is 1. The lowest BCUT2D eigenvalue weighted by Gasteiger charge is -2.35. The second-order valence-corrected chi connectivity index (χ2v) is 8.55. The molecule has 3 rings (SSSR count). The first-order valence-electron chi connectivity index (χ1n) is 11.5. The summed E-state index contributed by atoms with van der Waals surface area (Å²) in [7, 11) is 0. The molecule has 31 heavy (non-hydrogen) atoms. The summed E-state index contributed by atoms with van der Waals surface area (Å²) in [5, 5.41) is 6.99. The molecule has 7 heteroatoms. The molecular formula is C24H40IN5O. The van der Waals surface area contributed by atoms with Gasteiger partial charge in [-0.3, -0.25) is 4.90 Å². The van der Waals surface area contributed by atoms with Crippen LogP contribution >= 0.6 is 24.0 Å². The number of guanidine groups is 1. The van der Waals surface area contributed by atoms with Crippen LogP contribution in [0.4, 0.5) is 5.69 Å². The molecule has 1 atom stereocenters. The van der Waals surface area contributed by atoms with Crippen LogP contribution in [0.3, 0.4) is 0 Å². The fourth-order valence-electron chi connectivity index (χ4n) is 4.08. The molecule has 0 radical (unpaired) electrons. The summed E-state index contributed by atoms with van der Waals surface area (Å²) < 4.78 is 5.54. The van der Waals surface area contributed by atoms with Crippen LogP contribution in [0, 0.1) is 5.92 Å². The van der Waals surface area contributed by atoms with E-state index in [0.717, 1.165) is 58.4 Å². The Labute approximate surface area is 205 Å². The molecule has 2 aliphatic rings. The maximum atomic E-state index is 5.54. The van der Waals surface area contributed by atoms with Crippen LogP contribution in [0.15, 0.2) is 41.4 Å². The average molecular weight is 542 g/mol. The van der Waals surface area contributed by atoms with Gasteiger partial charge in [0.15, 0.2) is 5.96 Å². The van der Waals surface area contributed by atoms with Gasteiger partial charge in [0.05, 0.1) is 19.8 Å². The van der Waals surface area contributed by atoms with Crippen molar-refractivity contribution >= 4 is 35.6 Å². The number of halogens is 1. The van der Waals surface area contributed by atoms with E-state index in [1.807, 2.05) is 0 Å². The van der Waals surface area contributed by atoms with Crippen LogP contribution in [0.25, 0.3) is 0 Å². The molecule has 0 aromatic heterocycles. The summed E-state index contributed by atoms with van der Waals surface area (Å²) in [4.78, 5) is 9.75. The molecule has 1 aromatic carbocycles. The van der Waals surface area contributed by atoms with Crippen molar-refractivity contribution in [2.75, 3.05) is 57.4 Å². The second-order valence-electron chi connectivity index (χ2n) is 8.55. The fraction of sp³-hybridized carbons (Fsp3) is 0.625. The maximum absolute atomic E-state index is 5.54. The summed E-state index contributed by atoms with van der Waals surface area (Å²) in [5.41, 5.74) is 2.51. The van der Waals surface area contributed by atoms with Gasteiger partial charge in [0.25, 0.3) is 0 Å². The third-order valence-corrected chi connectivity index (χ3v) is 5.69. The Kier molecular flexibility index (Phi) is 11.7. The van der Waals surface area contributed by atoms with E-state index in [4.69, 9.17) is 9.73 Å². The van der Waals surface area contributed by atoms with Gasteiger partial charge < -0.3 is 20.3 Å². The Balaban J connectivity index is 0.00000341. The Bertz CT molecular complexity index is 678. The number of benzene rings is 1. The third kappa shape index (κ3) is 8.61. The van der Waals surface area contributed by atoms with Crippen LogP contribution in [0.5, 0.6) is 0 Å². The largest absolute Gasteiger partial charge is 0.379 e. The molecule has 6 nitrogen and oxygen atoms in total. The summed E-state index contributed by atoms with van der Waals surface area (Å²) in [6.07, 6.45) is 5.62. The summed E-state index contributed by atoms with van der Waals surface area (Å²) in [6, 6.07) is 9.29. The van der Waals surface area contributed by atoms with Crippen LogP contribution < -0.4 is 15.5 Å². The number of nitrogens with zero attached hydrogens (tertiary/aromatic N) is 3. The van der Waals surface area contributed by atoms with Crippen molar-refractivity contribution in [3.8, 4) is 0 Å². The van der Waals surface area contributed by atoms with E-state index in [1.54, 1.807) is 0 Å². The zero-order valence-electron chi connectivity index (χ0n) is 19.3. The standard InChI is InChI=1S/C24H39N5O.HI/c1-4-25-24(27-19-23(17-20(2)3)29-13-15-30-16-14-29)26-18-21-7-9-22(10-8-21)28-11-5-6-12-28;/h5-10,20,23H,4,11-19H2,1-3H3,(H2,25,26,27);1H. The van der Waals surface area contributed by atoms with Gasteiger partial charge in [-0.05, 0) is 37.0 Å². The highest BCUT2D eigenvalue weighted by molar-refractivity contribution is 14.0. The highest BCUT2D eigenvalue weighted by Crippen LogP contribution is 2.18. The van der Waals surface area contributed by atoms with Gasteiger partial charge in [-0.25, -0.2) is 4.99 Å². The van der Waals surface area contributed by atoms with E-state index in [0.29, 0.717) is 18.5 Å². The Morgan fingerprint density at radius 2 is 1.74 bits per heavy atom. The van der Waals surface area contributed by atoms with Crippen LogP contribution in [-0.2, 0) is 11.3 Å².